The number of ether oxygens (including phenoxy) is 1. The second-order valence-corrected chi connectivity index (χ2v) is 8.60. The topological polar surface area (TPSA) is 75.7 Å². The molecule has 6 nitrogen and oxygen atoms in total. The summed E-state index contributed by atoms with van der Waals surface area (Å²) in [6.07, 6.45) is 1.80. The lowest BCUT2D eigenvalue weighted by Gasteiger charge is -2.30. The molecule has 0 aliphatic carbocycles. The summed E-state index contributed by atoms with van der Waals surface area (Å²) in [7, 11) is -2.70. The Hall–Kier alpha value is -2.61. The van der Waals surface area contributed by atoms with E-state index in [9.17, 15) is 17.6 Å². The van der Waals surface area contributed by atoms with E-state index in [1.807, 2.05) is 0 Å². The number of halogens is 1. The Balaban J connectivity index is 1.84. The zero-order valence-electron chi connectivity index (χ0n) is 15.8. The van der Waals surface area contributed by atoms with Gasteiger partial charge in [0, 0.05) is 24.3 Å². The summed E-state index contributed by atoms with van der Waals surface area (Å²) in [5.74, 6) is -0.0721. The van der Waals surface area contributed by atoms with Crippen molar-refractivity contribution in [1.82, 2.24) is 4.90 Å². The van der Waals surface area contributed by atoms with Crippen LogP contribution in [0, 0.1) is 11.7 Å². The molecular weight excluding hydrogens is 383 g/mol. The lowest BCUT2D eigenvalue weighted by molar-refractivity contribution is 0.0697. The number of hydrogen-bond donors (Lipinski definition) is 1. The van der Waals surface area contributed by atoms with E-state index in [2.05, 4.69) is 11.6 Å². The first-order chi connectivity index (χ1) is 13.3. The van der Waals surface area contributed by atoms with Crippen LogP contribution < -0.4 is 9.46 Å². The number of nitrogens with zero attached hydrogens (tertiary/aromatic N) is 1. The molecule has 0 unspecified atom stereocenters. The first-order valence-corrected chi connectivity index (χ1v) is 10.5. The lowest BCUT2D eigenvalue weighted by Crippen LogP contribution is -2.38. The zero-order valence-corrected chi connectivity index (χ0v) is 16.6. The van der Waals surface area contributed by atoms with Crippen molar-refractivity contribution in [3.8, 4) is 5.75 Å². The summed E-state index contributed by atoms with van der Waals surface area (Å²) >= 11 is 0. The number of likely N-dealkylation sites (tertiary alicyclic amines) is 1. The number of hydrogen-bond acceptors (Lipinski definition) is 4. The van der Waals surface area contributed by atoms with Crippen molar-refractivity contribution in [2.24, 2.45) is 5.92 Å². The van der Waals surface area contributed by atoms with E-state index < -0.39 is 20.7 Å². The minimum absolute atomic E-state index is 0.158. The fourth-order valence-corrected chi connectivity index (χ4v) is 4.27. The fourth-order valence-electron chi connectivity index (χ4n) is 3.11. The lowest BCUT2D eigenvalue weighted by atomic mass is 9.98. The van der Waals surface area contributed by atoms with Crippen LogP contribution in [0.2, 0.25) is 0 Å². The molecule has 0 aromatic heterocycles. The molecular formula is C20H23FN2O4S. The standard InChI is InChI=1S/C20H23FN2O4S/c1-14-9-11-23(12-10-14)20(24)15-3-8-18(21)19(13-15)28(25,26)22-16-4-6-17(27-2)7-5-16/h3-8,13-14,22H,9-12H2,1-2H3. The van der Waals surface area contributed by atoms with Crippen LogP contribution in [0.1, 0.15) is 30.1 Å². The van der Waals surface area contributed by atoms with E-state index >= 15 is 0 Å². The second-order valence-electron chi connectivity index (χ2n) is 6.95. The molecule has 1 aliphatic rings. The normalized spacial score (nSPS) is 15.3. The number of piperidine rings is 1. The summed E-state index contributed by atoms with van der Waals surface area (Å²) in [6, 6.07) is 9.64. The van der Waals surface area contributed by atoms with E-state index in [-0.39, 0.29) is 17.2 Å². The average molecular weight is 406 g/mol. The number of nitrogens with one attached hydrogen (secondary N) is 1. The number of rotatable bonds is 5. The number of sulfonamides is 1. The van der Waals surface area contributed by atoms with Crippen LogP contribution >= 0.6 is 0 Å². The molecule has 1 aliphatic heterocycles. The highest BCUT2D eigenvalue weighted by molar-refractivity contribution is 7.92. The first-order valence-electron chi connectivity index (χ1n) is 9.06. The van der Waals surface area contributed by atoms with E-state index in [1.165, 1.54) is 25.3 Å². The number of amides is 1. The SMILES string of the molecule is COc1ccc(NS(=O)(=O)c2cc(C(=O)N3CCC(C)CC3)ccc2F)cc1. The molecule has 1 heterocycles. The van der Waals surface area contributed by atoms with E-state index in [4.69, 9.17) is 4.74 Å². The van der Waals surface area contributed by atoms with Crippen molar-refractivity contribution in [2.75, 3.05) is 24.9 Å². The van der Waals surface area contributed by atoms with Gasteiger partial charge in [0.25, 0.3) is 15.9 Å². The Labute approximate surface area is 164 Å². The Morgan fingerprint density at radius 2 is 1.79 bits per heavy atom. The van der Waals surface area contributed by atoms with Crippen LogP contribution in [0.4, 0.5) is 10.1 Å². The van der Waals surface area contributed by atoms with Crippen LogP contribution in [0.25, 0.3) is 0 Å². The third-order valence-corrected chi connectivity index (χ3v) is 6.28. The van der Waals surface area contributed by atoms with Crippen LogP contribution in [0.15, 0.2) is 47.4 Å². The average Bonchev–Trinajstić information content (AvgIpc) is 2.68. The number of carbonyl (C=O) groups is 1. The highest BCUT2D eigenvalue weighted by atomic mass is 32.2. The highest BCUT2D eigenvalue weighted by Crippen LogP contribution is 2.24. The van der Waals surface area contributed by atoms with Gasteiger partial charge < -0.3 is 9.64 Å². The molecule has 0 radical (unpaired) electrons. The van der Waals surface area contributed by atoms with Crippen molar-refractivity contribution < 1.29 is 22.3 Å². The quantitative estimate of drug-likeness (QED) is 0.825. The predicted octanol–water partition coefficient (Wildman–Crippen LogP) is 3.51. The predicted molar refractivity (Wildman–Crippen MR) is 105 cm³/mol. The Morgan fingerprint density at radius 3 is 2.39 bits per heavy atom. The fraction of sp³-hybridized carbons (Fsp3) is 0.350. The molecule has 2 aromatic carbocycles. The van der Waals surface area contributed by atoms with Crippen LogP contribution in [0.5, 0.6) is 5.75 Å². The monoisotopic (exact) mass is 406 g/mol. The molecule has 0 atom stereocenters. The Kier molecular flexibility index (Phi) is 5.88. The maximum atomic E-state index is 14.3. The van der Waals surface area contributed by atoms with Gasteiger partial charge in [-0.25, -0.2) is 12.8 Å². The third kappa shape index (κ3) is 4.44. The van der Waals surface area contributed by atoms with Gasteiger partial charge in [0.05, 0.1) is 7.11 Å². The van der Waals surface area contributed by atoms with Crippen LogP contribution in [-0.4, -0.2) is 39.4 Å². The van der Waals surface area contributed by atoms with Gasteiger partial charge in [0.1, 0.15) is 16.5 Å². The molecule has 1 saturated heterocycles. The van der Waals surface area contributed by atoms with Crippen LogP contribution in [-0.2, 0) is 10.0 Å². The molecule has 3 rings (SSSR count). The minimum Gasteiger partial charge on any atom is -0.497 e. The largest absolute Gasteiger partial charge is 0.497 e. The van der Waals surface area contributed by atoms with E-state index in [0.717, 1.165) is 25.0 Å². The zero-order chi connectivity index (χ0) is 20.3. The molecule has 1 amide bonds. The maximum absolute atomic E-state index is 14.3. The molecule has 8 heteroatoms. The molecule has 150 valence electrons. The molecule has 28 heavy (non-hydrogen) atoms. The van der Waals surface area contributed by atoms with Gasteiger partial charge in [-0.15, -0.1) is 0 Å². The highest BCUT2D eigenvalue weighted by Gasteiger charge is 2.25. The van der Waals surface area contributed by atoms with Gasteiger partial charge >= 0.3 is 0 Å². The molecule has 0 bridgehead atoms. The summed E-state index contributed by atoms with van der Waals surface area (Å²) in [6.45, 7) is 3.36. The summed E-state index contributed by atoms with van der Waals surface area (Å²) in [5, 5.41) is 0. The third-order valence-electron chi connectivity index (χ3n) is 4.88. The van der Waals surface area contributed by atoms with Gasteiger partial charge in [-0.1, -0.05) is 6.92 Å². The van der Waals surface area contributed by atoms with E-state index in [1.54, 1.807) is 17.0 Å². The summed E-state index contributed by atoms with van der Waals surface area (Å²) in [4.78, 5) is 13.8. The van der Waals surface area contributed by atoms with Gasteiger partial charge in [0.15, 0.2) is 0 Å². The number of carbonyl (C=O) groups excluding carboxylic acids is 1. The summed E-state index contributed by atoms with van der Waals surface area (Å²) in [5.41, 5.74) is 0.424. The molecule has 0 spiro atoms. The van der Waals surface area contributed by atoms with Crippen molar-refractivity contribution in [1.29, 1.82) is 0 Å². The first kappa shape index (κ1) is 20.1. The van der Waals surface area contributed by atoms with Crippen molar-refractivity contribution in [3.05, 3.63) is 53.8 Å². The van der Waals surface area contributed by atoms with Gasteiger partial charge in [-0.05, 0) is 61.2 Å². The number of benzene rings is 2. The molecule has 1 fully saturated rings. The van der Waals surface area contributed by atoms with Gasteiger partial charge in [-0.3, -0.25) is 9.52 Å². The Bertz CT molecular complexity index is 953. The van der Waals surface area contributed by atoms with Crippen LogP contribution in [0.3, 0.4) is 0 Å². The van der Waals surface area contributed by atoms with Crippen molar-refractivity contribution >= 4 is 21.6 Å². The van der Waals surface area contributed by atoms with Crippen molar-refractivity contribution in [3.63, 3.8) is 0 Å². The number of methoxy groups -OCH3 is 1. The molecule has 0 saturated carbocycles. The van der Waals surface area contributed by atoms with E-state index in [0.29, 0.717) is 24.8 Å². The Morgan fingerprint density at radius 1 is 1.14 bits per heavy atom. The van der Waals surface area contributed by atoms with Gasteiger partial charge in [-0.2, -0.15) is 0 Å². The number of anilines is 1. The molecule has 2 aromatic rings. The summed E-state index contributed by atoms with van der Waals surface area (Å²) < 4.78 is 47.0. The van der Waals surface area contributed by atoms with Gasteiger partial charge in [0.2, 0.25) is 0 Å². The smallest absolute Gasteiger partial charge is 0.264 e. The maximum Gasteiger partial charge on any atom is 0.264 e. The molecule has 1 N–H and O–H groups in total. The van der Waals surface area contributed by atoms with Crippen molar-refractivity contribution in [2.45, 2.75) is 24.7 Å². The minimum atomic E-state index is -4.20. The second kappa shape index (κ2) is 8.18.